The van der Waals surface area contributed by atoms with Crippen molar-refractivity contribution in [3.8, 4) is 5.75 Å². The molecule has 0 saturated heterocycles. The third-order valence-corrected chi connectivity index (χ3v) is 6.17. The highest BCUT2D eigenvalue weighted by molar-refractivity contribution is 7.88. The number of hydrogen-bond acceptors (Lipinski definition) is 7. The fourth-order valence-electron chi connectivity index (χ4n) is 3.73. The molecule has 0 aliphatic rings. The zero-order valence-electron chi connectivity index (χ0n) is 21.0. The molecule has 2 aromatic heterocycles. The zero-order chi connectivity index (χ0) is 27.2. The van der Waals surface area contributed by atoms with Crippen LogP contribution in [0.2, 0.25) is 0 Å². The molecule has 0 radical (unpaired) electrons. The van der Waals surface area contributed by atoms with Crippen LogP contribution in [-0.2, 0) is 27.7 Å². The molecule has 0 fully saturated rings. The van der Waals surface area contributed by atoms with Crippen LogP contribution in [0.3, 0.4) is 0 Å². The average Bonchev–Trinajstić information content (AvgIpc) is 2.81. The van der Waals surface area contributed by atoms with E-state index in [2.05, 4.69) is 15.0 Å². The summed E-state index contributed by atoms with van der Waals surface area (Å²) in [6.07, 6.45) is 3.43. The standard InChI is InChI=1S/C25H31FN4O6S/c1-16(2)36-12-4-9-27-24(32)21-23(31)22-20(30(25(21)33)11-10-29-37(3,34)35)14-18(15-28-22)13-17-5-7-19(26)8-6-17/h5-8,14-16,29,31H,4,9-13H2,1-3H3,(H,27,32). The van der Waals surface area contributed by atoms with Gasteiger partial charge in [-0.1, -0.05) is 12.1 Å². The van der Waals surface area contributed by atoms with Gasteiger partial charge in [0.25, 0.3) is 11.5 Å². The summed E-state index contributed by atoms with van der Waals surface area (Å²) in [5, 5.41) is 13.5. The fourth-order valence-corrected chi connectivity index (χ4v) is 4.19. The third kappa shape index (κ3) is 7.81. The number of nitrogens with one attached hydrogen (secondary N) is 2. The second-order valence-electron chi connectivity index (χ2n) is 8.89. The second-order valence-corrected chi connectivity index (χ2v) is 10.7. The Morgan fingerprint density at radius 2 is 1.89 bits per heavy atom. The van der Waals surface area contributed by atoms with Gasteiger partial charge in [0.1, 0.15) is 16.9 Å². The molecule has 1 aromatic carbocycles. The van der Waals surface area contributed by atoms with Gasteiger partial charge in [-0.05, 0) is 56.0 Å². The summed E-state index contributed by atoms with van der Waals surface area (Å²) in [5.41, 5.74) is 0.476. The molecular formula is C25H31FN4O6S. The van der Waals surface area contributed by atoms with Crippen molar-refractivity contribution in [2.45, 2.75) is 39.3 Å². The third-order valence-electron chi connectivity index (χ3n) is 5.44. The highest BCUT2D eigenvalue weighted by Crippen LogP contribution is 2.26. The highest BCUT2D eigenvalue weighted by Gasteiger charge is 2.23. The Labute approximate surface area is 214 Å². The molecule has 0 atom stereocenters. The predicted octanol–water partition coefficient (Wildman–Crippen LogP) is 1.93. The van der Waals surface area contributed by atoms with Gasteiger partial charge >= 0.3 is 0 Å². The summed E-state index contributed by atoms with van der Waals surface area (Å²) in [6.45, 7) is 4.21. The minimum Gasteiger partial charge on any atom is -0.505 e. The number of nitrogens with zero attached hydrogens (tertiary/aromatic N) is 2. The molecule has 0 bridgehead atoms. The van der Waals surface area contributed by atoms with Crippen LogP contribution in [0.5, 0.6) is 5.75 Å². The number of sulfonamides is 1. The molecule has 0 spiro atoms. The van der Waals surface area contributed by atoms with Crippen molar-refractivity contribution < 1.29 is 27.4 Å². The van der Waals surface area contributed by atoms with Crippen molar-refractivity contribution in [3.05, 3.63) is 69.4 Å². The van der Waals surface area contributed by atoms with Crippen LogP contribution in [0.25, 0.3) is 11.0 Å². The number of aromatic nitrogens is 2. The first-order chi connectivity index (χ1) is 17.5. The maximum Gasteiger partial charge on any atom is 0.267 e. The highest BCUT2D eigenvalue weighted by atomic mass is 32.2. The van der Waals surface area contributed by atoms with Crippen LogP contribution in [0.1, 0.15) is 41.8 Å². The van der Waals surface area contributed by atoms with E-state index in [1.807, 2.05) is 13.8 Å². The van der Waals surface area contributed by atoms with Crippen molar-refractivity contribution >= 4 is 27.0 Å². The van der Waals surface area contributed by atoms with Crippen LogP contribution in [0.4, 0.5) is 4.39 Å². The second kappa shape index (κ2) is 12.3. The van der Waals surface area contributed by atoms with Crippen molar-refractivity contribution in [1.29, 1.82) is 0 Å². The number of fused-ring (bicyclic) bond motifs is 1. The summed E-state index contributed by atoms with van der Waals surface area (Å²) in [5.74, 6) is -1.69. The average molecular weight is 535 g/mol. The fraction of sp³-hybridized carbons (Fsp3) is 0.400. The Bertz CT molecular complexity index is 1420. The van der Waals surface area contributed by atoms with E-state index in [0.29, 0.717) is 25.0 Å². The van der Waals surface area contributed by atoms with Gasteiger partial charge in [0.15, 0.2) is 5.75 Å². The van der Waals surface area contributed by atoms with Gasteiger partial charge in [-0.3, -0.25) is 14.6 Å². The first kappa shape index (κ1) is 28.2. The molecule has 37 heavy (non-hydrogen) atoms. The molecule has 1 amide bonds. The topological polar surface area (TPSA) is 140 Å². The molecule has 10 nitrogen and oxygen atoms in total. The minimum absolute atomic E-state index is 0.0232. The van der Waals surface area contributed by atoms with Crippen LogP contribution in [-0.4, -0.2) is 61.0 Å². The number of aromatic hydroxyl groups is 1. The number of ether oxygens (including phenoxy) is 1. The van der Waals surface area contributed by atoms with Crippen molar-refractivity contribution in [2.75, 3.05) is 26.0 Å². The molecule has 2 heterocycles. The Morgan fingerprint density at radius 1 is 1.19 bits per heavy atom. The molecule has 0 aliphatic carbocycles. The Balaban J connectivity index is 1.97. The smallest absolute Gasteiger partial charge is 0.267 e. The quantitative estimate of drug-likeness (QED) is 0.302. The van der Waals surface area contributed by atoms with Crippen LogP contribution in [0.15, 0.2) is 41.3 Å². The predicted molar refractivity (Wildman–Crippen MR) is 138 cm³/mol. The molecule has 12 heteroatoms. The number of amides is 1. The molecule has 0 unspecified atom stereocenters. The first-order valence-corrected chi connectivity index (χ1v) is 13.7. The van der Waals surface area contributed by atoms with Gasteiger partial charge in [-0.2, -0.15) is 0 Å². The maximum atomic E-state index is 13.4. The van der Waals surface area contributed by atoms with Gasteiger partial charge in [-0.15, -0.1) is 0 Å². The van der Waals surface area contributed by atoms with E-state index in [-0.39, 0.29) is 42.6 Å². The van der Waals surface area contributed by atoms with Crippen molar-refractivity contribution in [3.63, 3.8) is 0 Å². The number of hydrogen-bond donors (Lipinski definition) is 3. The lowest BCUT2D eigenvalue weighted by Crippen LogP contribution is -2.36. The van der Waals surface area contributed by atoms with Crippen molar-refractivity contribution in [2.24, 2.45) is 0 Å². The maximum absolute atomic E-state index is 13.4. The summed E-state index contributed by atoms with van der Waals surface area (Å²) < 4.78 is 45.3. The van der Waals surface area contributed by atoms with Crippen LogP contribution in [0, 0.1) is 5.82 Å². The number of halogens is 1. The van der Waals surface area contributed by atoms with Gasteiger partial charge < -0.3 is 19.7 Å². The molecule has 3 rings (SSSR count). The Hall–Kier alpha value is -3.35. The molecule has 0 aliphatic heterocycles. The monoisotopic (exact) mass is 534 g/mol. The molecule has 200 valence electrons. The SMILES string of the molecule is CC(C)OCCCNC(=O)c1c(O)c2ncc(Cc3ccc(F)cc3)cc2n(CCNS(C)(=O)=O)c1=O. The number of carbonyl (C=O) groups is 1. The summed E-state index contributed by atoms with van der Waals surface area (Å²) in [4.78, 5) is 30.5. The van der Waals surface area contributed by atoms with Crippen LogP contribution < -0.4 is 15.6 Å². The number of rotatable bonds is 12. The van der Waals surface area contributed by atoms with E-state index in [0.717, 1.165) is 11.8 Å². The number of benzene rings is 1. The first-order valence-electron chi connectivity index (χ1n) is 11.8. The lowest BCUT2D eigenvalue weighted by atomic mass is 10.1. The van der Waals surface area contributed by atoms with E-state index in [4.69, 9.17) is 4.74 Å². The Morgan fingerprint density at radius 3 is 2.54 bits per heavy atom. The van der Waals surface area contributed by atoms with E-state index < -0.39 is 32.8 Å². The minimum atomic E-state index is -3.52. The lowest BCUT2D eigenvalue weighted by Gasteiger charge is -2.16. The lowest BCUT2D eigenvalue weighted by molar-refractivity contribution is 0.0756. The summed E-state index contributed by atoms with van der Waals surface area (Å²) in [6, 6.07) is 7.56. The van der Waals surface area contributed by atoms with E-state index >= 15 is 0 Å². The largest absolute Gasteiger partial charge is 0.505 e. The van der Waals surface area contributed by atoms with Gasteiger partial charge in [0.05, 0.1) is 17.9 Å². The van der Waals surface area contributed by atoms with E-state index in [1.54, 1.807) is 18.2 Å². The summed E-state index contributed by atoms with van der Waals surface area (Å²) >= 11 is 0. The number of carbonyl (C=O) groups excluding carboxylic acids is 1. The molecule has 0 saturated carbocycles. The normalized spacial score (nSPS) is 11.8. The Kier molecular flexibility index (Phi) is 9.35. The zero-order valence-corrected chi connectivity index (χ0v) is 21.8. The molecule has 3 N–H and O–H groups in total. The number of pyridine rings is 2. The van der Waals surface area contributed by atoms with Crippen molar-refractivity contribution in [1.82, 2.24) is 19.6 Å². The summed E-state index contributed by atoms with van der Waals surface area (Å²) in [7, 11) is -3.52. The van der Waals surface area contributed by atoms with E-state index in [1.165, 1.54) is 22.9 Å². The van der Waals surface area contributed by atoms with Gasteiger partial charge in [0.2, 0.25) is 10.0 Å². The van der Waals surface area contributed by atoms with Gasteiger partial charge in [0, 0.05) is 32.4 Å². The molecule has 3 aromatic rings. The van der Waals surface area contributed by atoms with Gasteiger partial charge in [-0.25, -0.2) is 17.5 Å². The van der Waals surface area contributed by atoms with E-state index in [9.17, 15) is 27.5 Å². The molecular weight excluding hydrogens is 503 g/mol. The van der Waals surface area contributed by atoms with Crippen LogP contribution >= 0.6 is 0 Å².